The van der Waals surface area contributed by atoms with E-state index in [0.29, 0.717) is 37.5 Å². The van der Waals surface area contributed by atoms with Crippen molar-refractivity contribution >= 4 is 17.2 Å². The highest BCUT2D eigenvalue weighted by atomic mass is 32.1. The number of morpholine rings is 1. The molecule has 0 aromatic carbocycles. The van der Waals surface area contributed by atoms with Crippen LogP contribution in [0.25, 0.3) is 0 Å². The molecule has 3 heterocycles. The Morgan fingerprint density at radius 3 is 2.92 bits per heavy atom. The first-order valence-electron chi connectivity index (χ1n) is 8.30. The van der Waals surface area contributed by atoms with E-state index in [1.165, 1.54) is 11.3 Å². The Morgan fingerprint density at radius 1 is 1.38 bits per heavy atom. The molecule has 8 heteroatoms. The van der Waals surface area contributed by atoms with Crippen LogP contribution in [-0.4, -0.2) is 45.7 Å². The smallest absolute Gasteiger partial charge is 0.266 e. The van der Waals surface area contributed by atoms with Gasteiger partial charge in [-0.2, -0.15) is 0 Å². The SMILES string of the molecule is CC(C)c1nnc([C@@H]2COCCN2C(=O)c2scnc2C2CC2)o1. The van der Waals surface area contributed by atoms with Crippen LogP contribution in [0.4, 0.5) is 0 Å². The van der Waals surface area contributed by atoms with Crippen LogP contribution < -0.4 is 0 Å². The van der Waals surface area contributed by atoms with E-state index < -0.39 is 0 Å². The van der Waals surface area contributed by atoms with Gasteiger partial charge < -0.3 is 14.1 Å². The molecule has 24 heavy (non-hydrogen) atoms. The van der Waals surface area contributed by atoms with Gasteiger partial charge in [0.25, 0.3) is 5.91 Å². The summed E-state index contributed by atoms with van der Waals surface area (Å²) in [6, 6.07) is -0.333. The number of carbonyl (C=O) groups is 1. The van der Waals surface area contributed by atoms with Crippen molar-refractivity contribution in [3.63, 3.8) is 0 Å². The first kappa shape index (κ1) is 15.7. The van der Waals surface area contributed by atoms with Crippen LogP contribution in [0.5, 0.6) is 0 Å². The molecule has 1 aliphatic heterocycles. The molecule has 0 radical (unpaired) electrons. The fourth-order valence-corrected chi connectivity index (χ4v) is 3.69. The molecule has 2 aromatic heterocycles. The fraction of sp³-hybridized carbons (Fsp3) is 0.625. The van der Waals surface area contributed by atoms with Gasteiger partial charge in [0.2, 0.25) is 11.8 Å². The van der Waals surface area contributed by atoms with Crippen molar-refractivity contribution in [3.8, 4) is 0 Å². The Bertz CT molecular complexity index is 737. The Labute approximate surface area is 144 Å². The normalized spacial score (nSPS) is 21.5. The third-order valence-electron chi connectivity index (χ3n) is 4.38. The van der Waals surface area contributed by atoms with Gasteiger partial charge in [0.05, 0.1) is 24.4 Å². The number of hydrogen-bond donors (Lipinski definition) is 0. The largest absolute Gasteiger partial charge is 0.423 e. The maximum Gasteiger partial charge on any atom is 0.266 e. The zero-order chi connectivity index (χ0) is 16.7. The Hall–Kier alpha value is -1.80. The summed E-state index contributed by atoms with van der Waals surface area (Å²) in [6.45, 7) is 5.41. The van der Waals surface area contributed by atoms with Crippen molar-refractivity contribution < 1.29 is 13.9 Å². The van der Waals surface area contributed by atoms with Gasteiger partial charge in [0, 0.05) is 18.4 Å². The van der Waals surface area contributed by atoms with Crippen LogP contribution in [0, 0.1) is 0 Å². The van der Waals surface area contributed by atoms with Crippen molar-refractivity contribution in [3.05, 3.63) is 27.9 Å². The van der Waals surface area contributed by atoms with E-state index in [2.05, 4.69) is 15.2 Å². The van der Waals surface area contributed by atoms with Crippen LogP contribution >= 0.6 is 11.3 Å². The lowest BCUT2D eigenvalue weighted by molar-refractivity contribution is -0.0106. The molecule has 0 unspecified atom stereocenters. The minimum atomic E-state index is -0.333. The number of rotatable bonds is 4. The molecule has 1 saturated carbocycles. The van der Waals surface area contributed by atoms with Crippen LogP contribution in [0.3, 0.4) is 0 Å². The average Bonchev–Trinajstić information content (AvgIpc) is 3.13. The number of amides is 1. The van der Waals surface area contributed by atoms with Gasteiger partial charge in [-0.15, -0.1) is 21.5 Å². The second kappa shape index (κ2) is 6.25. The molecule has 1 saturated heterocycles. The van der Waals surface area contributed by atoms with E-state index in [0.717, 1.165) is 23.4 Å². The van der Waals surface area contributed by atoms with E-state index in [9.17, 15) is 4.79 Å². The summed E-state index contributed by atoms with van der Waals surface area (Å²) in [5.74, 6) is 1.63. The van der Waals surface area contributed by atoms with Crippen molar-refractivity contribution in [2.24, 2.45) is 0 Å². The van der Waals surface area contributed by atoms with Gasteiger partial charge in [-0.1, -0.05) is 13.8 Å². The topological polar surface area (TPSA) is 81.4 Å². The predicted octanol–water partition coefficient (Wildman–Crippen LogP) is 2.74. The molecule has 0 spiro atoms. The first-order valence-corrected chi connectivity index (χ1v) is 9.18. The Morgan fingerprint density at radius 2 is 2.21 bits per heavy atom. The maximum absolute atomic E-state index is 13.1. The molecule has 2 aromatic rings. The van der Waals surface area contributed by atoms with Crippen molar-refractivity contribution in [2.75, 3.05) is 19.8 Å². The predicted molar refractivity (Wildman–Crippen MR) is 87.1 cm³/mol. The maximum atomic E-state index is 13.1. The van der Waals surface area contributed by atoms with Gasteiger partial charge in [0.15, 0.2) is 0 Å². The second-order valence-electron chi connectivity index (χ2n) is 6.56. The highest BCUT2D eigenvalue weighted by molar-refractivity contribution is 7.11. The highest BCUT2D eigenvalue weighted by Crippen LogP contribution is 2.42. The van der Waals surface area contributed by atoms with Gasteiger partial charge in [0.1, 0.15) is 10.9 Å². The number of thiazole rings is 1. The average molecular weight is 348 g/mol. The fourth-order valence-electron chi connectivity index (χ4n) is 2.86. The lowest BCUT2D eigenvalue weighted by Crippen LogP contribution is -2.43. The zero-order valence-electron chi connectivity index (χ0n) is 13.8. The summed E-state index contributed by atoms with van der Waals surface area (Å²) in [7, 11) is 0. The van der Waals surface area contributed by atoms with Gasteiger partial charge in [-0.05, 0) is 12.8 Å². The summed E-state index contributed by atoms with van der Waals surface area (Å²) < 4.78 is 11.3. The van der Waals surface area contributed by atoms with Crippen molar-refractivity contribution in [2.45, 2.75) is 44.6 Å². The van der Waals surface area contributed by atoms with E-state index in [1.54, 1.807) is 10.4 Å². The summed E-state index contributed by atoms with van der Waals surface area (Å²) in [6.07, 6.45) is 2.25. The van der Waals surface area contributed by atoms with Gasteiger partial charge in [-0.25, -0.2) is 4.98 Å². The molecule has 2 aliphatic rings. The first-order chi connectivity index (χ1) is 11.6. The van der Waals surface area contributed by atoms with Crippen LogP contribution in [0.15, 0.2) is 9.93 Å². The number of hydrogen-bond acceptors (Lipinski definition) is 7. The monoisotopic (exact) mass is 348 g/mol. The van der Waals surface area contributed by atoms with E-state index in [-0.39, 0.29) is 17.9 Å². The van der Waals surface area contributed by atoms with E-state index in [4.69, 9.17) is 9.15 Å². The summed E-state index contributed by atoms with van der Waals surface area (Å²) in [4.78, 5) is 20.0. The molecule has 0 bridgehead atoms. The van der Waals surface area contributed by atoms with Gasteiger partial charge in [-0.3, -0.25) is 4.79 Å². The van der Waals surface area contributed by atoms with Crippen LogP contribution in [0.1, 0.15) is 71.7 Å². The number of carbonyl (C=O) groups excluding carboxylic acids is 1. The minimum absolute atomic E-state index is 0.00278. The molecule has 128 valence electrons. The van der Waals surface area contributed by atoms with Gasteiger partial charge >= 0.3 is 0 Å². The molecule has 2 fully saturated rings. The number of aromatic nitrogens is 3. The second-order valence-corrected chi connectivity index (χ2v) is 7.42. The summed E-state index contributed by atoms with van der Waals surface area (Å²) >= 11 is 1.42. The standard InChI is InChI=1S/C16H20N4O3S/c1-9(2)14-18-19-15(23-14)11-7-22-6-5-20(11)16(21)13-12(10-3-4-10)17-8-24-13/h8-11H,3-7H2,1-2H3/t11-/m0/s1. The summed E-state index contributed by atoms with van der Waals surface area (Å²) in [5, 5.41) is 8.23. The van der Waals surface area contributed by atoms with Crippen LogP contribution in [-0.2, 0) is 4.74 Å². The van der Waals surface area contributed by atoms with Crippen molar-refractivity contribution in [1.82, 2.24) is 20.1 Å². The molecular weight excluding hydrogens is 328 g/mol. The van der Waals surface area contributed by atoms with Crippen molar-refractivity contribution in [1.29, 1.82) is 0 Å². The molecule has 1 aliphatic carbocycles. The molecule has 1 atom stereocenters. The lowest BCUT2D eigenvalue weighted by Gasteiger charge is -2.33. The molecule has 1 amide bonds. The Kier molecular flexibility index (Phi) is 4.09. The third kappa shape index (κ3) is 2.84. The quantitative estimate of drug-likeness (QED) is 0.845. The minimum Gasteiger partial charge on any atom is -0.423 e. The van der Waals surface area contributed by atoms with E-state index in [1.807, 2.05) is 13.8 Å². The Balaban J connectivity index is 1.61. The summed E-state index contributed by atoms with van der Waals surface area (Å²) in [5.41, 5.74) is 2.71. The number of ether oxygens (including phenoxy) is 1. The molecule has 7 nitrogen and oxygen atoms in total. The lowest BCUT2D eigenvalue weighted by atomic mass is 10.2. The molecule has 0 N–H and O–H groups in total. The number of nitrogens with zero attached hydrogens (tertiary/aromatic N) is 4. The molecular formula is C16H20N4O3S. The highest BCUT2D eigenvalue weighted by Gasteiger charge is 2.37. The molecule has 4 rings (SSSR count). The van der Waals surface area contributed by atoms with Crippen LogP contribution in [0.2, 0.25) is 0 Å². The third-order valence-corrected chi connectivity index (χ3v) is 5.21. The van der Waals surface area contributed by atoms with E-state index >= 15 is 0 Å². The zero-order valence-corrected chi connectivity index (χ0v) is 14.6.